The lowest BCUT2D eigenvalue weighted by Crippen LogP contribution is -2.35. The van der Waals surface area contributed by atoms with Gasteiger partial charge >= 0.3 is 0 Å². The molecule has 1 aliphatic carbocycles. The first kappa shape index (κ1) is 27.8. The van der Waals surface area contributed by atoms with Crippen LogP contribution in [0, 0.1) is 13.5 Å². The van der Waals surface area contributed by atoms with Gasteiger partial charge in [0.05, 0.1) is 27.4 Å². The van der Waals surface area contributed by atoms with Crippen LogP contribution in [0.5, 0.6) is 17.2 Å². The number of aliphatic hydroxyl groups excluding tert-OH is 1. The Morgan fingerprint density at radius 3 is 2.20 bits per heavy atom. The summed E-state index contributed by atoms with van der Waals surface area (Å²) in [5, 5.41) is 12.2. The van der Waals surface area contributed by atoms with Crippen LogP contribution >= 0.6 is 0 Å². The van der Waals surface area contributed by atoms with Crippen LogP contribution in [0.4, 0.5) is 5.69 Å². The van der Waals surface area contributed by atoms with E-state index in [0.29, 0.717) is 17.0 Å². The third-order valence-electron chi connectivity index (χ3n) is 9.32. The Bertz CT molecular complexity index is 2030. The van der Waals surface area contributed by atoms with Gasteiger partial charge in [-0.15, -0.1) is 0 Å². The third-order valence-corrected chi connectivity index (χ3v) is 9.32. The summed E-state index contributed by atoms with van der Waals surface area (Å²) >= 11 is 0. The van der Waals surface area contributed by atoms with Gasteiger partial charge in [-0.1, -0.05) is 80.1 Å². The molecule has 218 valence electrons. The van der Waals surface area contributed by atoms with Crippen molar-refractivity contribution in [3.63, 3.8) is 0 Å². The molecule has 7 rings (SSSR count). The molecule has 1 aliphatic heterocycles. The van der Waals surface area contributed by atoms with Crippen molar-refractivity contribution in [3.05, 3.63) is 135 Å². The Morgan fingerprint density at radius 1 is 0.864 bits per heavy atom. The molecular formula is C39H33NO4. The van der Waals surface area contributed by atoms with E-state index in [1.807, 2.05) is 36.4 Å². The van der Waals surface area contributed by atoms with Crippen LogP contribution < -0.4 is 14.2 Å². The minimum Gasteiger partial charge on any atom is -0.497 e. The van der Waals surface area contributed by atoms with Crippen LogP contribution in [0.1, 0.15) is 52.8 Å². The van der Waals surface area contributed by atoms with E-state index in [-0.39, 0.29) is 6.61 Å². The van der Waals surface area contributed by atoms with Crippen LogP contribution in [0.25, 0.3) is 32.8 Å². The number of benzene rings is 5. The number of nitrogens with zero attached hydrogens (tertiary/aromatic N) is 1. The second-order valence-electron chi connectivity index (χ2n) is 12.1. The molecule has 0 saturated heterocycles. The fraction of sp³-hybridized carbons (Fsp3) is 0.205. The quantitative estimate of drug-likeness (QED) is 0.211. The lowest BCUT2D eigenvalue weighted by molar-refractivity contribution is 0.163. The van der Waals surface area contributed by atoms with Crippen molar-refractivity contribution in [1.82, 2.24) is 0 Å². The van der Waals surface area contributed by atoms with Crippen molar-refractivity contribution in [2.45, 2.75) is 38.4 Å². The summed E-state index contributed by atoms with van der Waals surface area (Å²) in [6.07, 6.45) is 4.37. The molecule has 0 fully saturated rings. The summed E-state index contributed by atoms with van der Waals surface area (Å²) in [6.45, 7) is 14.0. The highest BCUT2D eigenvalue weighted by Gasteiger charge is 2.44. The van der Waals surface area contributed by atoms with E-state index in [1.54, 1.807) is 14.2 Å². The summed E-state index contributed by atoms with van der Waals surface area (Å²) in [5.74, 6) is 2.13. The smallest absolute Gasteiger partial charge is 0.187 e. The van der Waals surface area contributed by atoms with Crippen LogP contribution in [-0.2, 0) is 17.6 Å². The first-order valence-electron chi connectivity index (χ1n) is 14.7. The standard InChI is InChI=1S/C39H33NO4/c1-23-7-9-25(10-8-23)39(26-11-14-28(42-5)15-12-26)18-17-30-36-35(29-16-13-27(40-4)20-33(29)38(36,2)3)31-19-24(22-41)34(43-6)21-32(31)37(30)44-39/h7-21,41H,22H2,1-3,5-6H3. The van der Waals surface area contributed by atoms with Gasteiger partial charge in [0.2, 0.25) is 0 Å². The maximum atomic E-state index is 10.3. The Morgan fingerprint density at radius 2 is 1.57 bits per heavy atom. The summed E-state index contributed by atoms with van der Waals surface area (Å²) in [7, 11) is 3.29. The average Bonchev–Trinajstić information content (AvgIpc) is 3.30. The highest BCUT2D eigenvalue weighted by atomic mass is 16.5. The number of aryl methyl sites for hydroxylation is 1. The van der Waals surface area contributed by atoms with Gasteiger partial charge in [-0.05, 0) is 64.9 Å². The topological polar surface area (TPSA) is 52.3 Å². The normalized spacial score (nSPS) is 17.3. The number of methoxy groups -OCH3 is 2. The first-order valence-corrected chi connectivity index (χ1v) is 14.7. The van der Waals surface area contributed by atoms with Crippen LogP contribution in [-0.4, -0.2) is 19.3 Å². The Kier molecular flexibility index (Phi) is 6.32. The number of hydrogen-bond donors (Lipinski definition) is 1. The molecule has 5 heteroatoms. The molecular weight excluding hydrogens is 546 g/mol. The first-order chi connectivity index (χ1) is 21.2. The average molecular weight is 580 g/mol. The van der Waals surface area contributed by atoms with E-state index >= 15 is 0 Å². The molecule has 0 saturated carbocycles. The number of ether oxygens (including phenoxy) is 3. The zero-order chi connectivity index (χ0) is 30.8. The van der Waals surface area contributed by atoms with Crippen LogP contribution in [0.2, 0.25) is 0 Å². The highest BCUT2D eigenvalue weighted by Crippen LogP contribution is 2.59. The molecule has 5 aromatic carbocycles. The second kappa shape index (κ2) is 10.0. The van der Waals surface area contributed by atoms with Gasteiger partial charge in [0.25, 0.3) is 0 Å². The fourth-order valence-electron chi connectivity index (χ4n) is 7.04. The molecule has 0 bridgehead atoms. The summed E-state index contributed by atoms with van der Waals surface area (Å²) in [6, 6.07) is 26.5. The van der Waals surface area contributed by atoms with Crippen LogP contribution in [0.3, 0.4) is 0 Å². The summed E-state index contributed by atoms with van der Waals surface area (Å²) in [5.41, 5.74) is 8.62. The molecule has 0 spiro atoms. The van der Waals surface area contributed by atoms with Gasteiger partial charge < -0.3 is 19.3 Å². The van der Waals surface area contributed by atoms with Crippen molar-refractivity contribution >= 4 is 22.5 Å². The molecule has 0 radical (unpaired) electrons. The fourth-order valence-corrected chi connectivity index (χ4v) is 7.04. The second-order valence-corrected chi connectivity index (χ2v) is 12.1. The molecule has 1 unspecified atom stereocenters. The maximum Gasteiger partial charge on any atom is 0.187 e. The third kappa shape index (κ3) is 3.88. The minimum atomic E-state index is -0.913. The van der Waals surface area contributed by atoms with Gasteiger partial charge in [-0.2, -0.15) is 0 Å². The Hall–Kier alpha value is -5.05. The number of hydrogen-bond acceptors (Lipinski definition) is 4. The summed E-state index contributed by atoms with van der Waals surface area (Å²) < 4.78 is 18.6. The lowest BCUT2D eigenvalue weighted by Gasteiger charge is -2.38. The molecule has 44 heavy (non-hydrogen) atoms. The van der Waals surface area contributed by atoms with Gasteiger partial charge in [0.15, 0.2) is 11.3 Å². The minimum absolute atomic E-state index is 0.155. The Labute approximate surface area is 257 Å². The van der Waals surface area contributed by atoms with Crippen LogP contribution in [0.15, 0.2) is 84.9 Å². The predicted molar refractivity (Wildman–Crippen MR) is 175 cm³/mol. The van der Waals surface area contributed by atoms with E-state index in [0.717, 1.165) is 61.2 Å². The highest BCUT2D eigenvalue weighted by molar-refractivity contribution is 6.09. The maximum absolute atomic E-state index is 10.3. The van der Waals surface area contributed by atoms with Gasteiger partial charge in [0.1, 0.15) is 17.2 Å². The number of aliphatic hydroxyl groups is 1. The SMILES string of the molecule is [C-]#[N+]c1ccc2c(c1)C(C)(C)c1c3c(c4cc(OC)c(CO)cc4c1-2)OC(c1ccc(C)cc1)(c1ccc(OC)cc1)C=C3. The molecule has 1 atom stereocenters. The van der Waals surface area contributed by atoms with Gasteiger partial charge in [-0.25, -0.2) is 4.85 Å². The molecule has 1 N–H and O–H groups in total. The van der Waals surface area contributed by atoms with Crippen molar-refractivity contribution in [2.75, 3.05) is 14.2 Å². The van der Waals surface area contributed by atoms with E-state index < -0.39 is 11.0 Å². The lowest BCUT2D eigenvalue weighted by atomic mass is 9.76. The van der Waals surface area contributed by atoms with E-state index in [4.69, 9.17) is 20.8 Å². The molecule has 2 aliphatic rings. The largest absolute Gasteiger partial charge is 0.497 e. The van der Waals surface area contributed by atoms with E-state index in [2.05, 4.69) is 80.2 Å². The molecule has 0 aromatic heterocycles. The Balaban J connectivity index is 1.58. The zero-order valence-corrected chi connectivity index (χ0v) is 25.5. The van der Waals surface area contributed by atoms with Crippen molar-refractivity contribution in [1.29, 1.82) is 0 Å². The molecule has 0 amide bonds. The summed E-state index contributed by atoms with van der Waals surface area (Å²) in [4.78, 5) is 3.73. The van der Waals surface area contributed by atoms with Gasteiger partial charge in [0, 0.05) is 33.1 Å². The van der Waals surface area contributed by atoms with Crippen molar-refractivity contribution in [2.24, 2.45) is 0 Å². The number of fused-ring (bicyclic) bond motifs is 8. The molecule has 1 heterocycles. The van der Waals surface area contributed by atoms with Crippen molar-refractivity contribution in [3.8, 4) is 28.4 Å². The zero-order valence-electron chi connectivity index (χ0n) is 25.5. The number of rotatable bonds is 5. The monoisotopic (exact) mass is 579 g/mol. The van der Waals surface area contributed by atoms with Crippen molar-refractivity contribution < 1.29 is 19.3 Å². The van der Waals surface area contributed by atoms with E-state index in [1.165, 1.54) is 5.56 Å². The van der Waals surface area contributed by atoms with E-state index in [9.17, 15) is 5.11 Å². The van der Waals surface area contributed by atoms with Gasteiger partial charge in [-0.3, -0.25) is 0 Å². The predicted octanol–water partition coefficient (Wildman–Crippen LogP) is 8.86. The molecule has 5 aromatic rings. The molecule has 5 nitrogen and oxygen atoms in total.